The highest BCUT2D eigenvalue weighted by Gasteiger charge is 2.34. The second-order valence-corrected chi connectivity index (χ2v) is 7.71. The molecule has 0 bridgehead atoms. The van der Waals surface area contributed by atoms with E-state index in [9.17, 15) is 4.79 Å². The van der Waals surface area contributed by atoms with E-state index in [0.29, 0.717) is 19.0 Å². The molecule has 7 heteroatoms. The van der Waals surface area contributed by atoms with Crippen molar-refractivity contribution in [3.63, 3.8) is 0 Å². The lowest BCUT2D eigenvalue weighted by atomic mass is 9.90. The lowest BCUT2D eigenvalue weighted by Crippen LogP contribution is -2.35. The Morgan fingerprint density at radius 1 is 1.32 bits per heavy atom. The molecule has 2 aromatic rings. The number of rotatable bonds is 8. The van der Waals surface area contributed by atoms with Crippen LogP contribution in [0.1, 0.15) is 30.9 Å². The minimum atomic E-state index is -0.0407. The van der Waals surface area contributed by atoms with E-state index >= 15 is 0 Å². The van der Waals surface area contributed by atoms with Gasteiger partial charge in [-0.2, -0.15) is 5.10 Å². The monoisotopic (exact) mass is 406 g/mol. The molecule has 2 atom stereocenters. The number of ether oxygens (including phenoxy) is 1. The molecule has 1 aliphatic heterocycles. The number of nitrogens with zero attached hydrogens (tertiary/aromatic N) is 2. The molecule has 1 aromatic heterocycles. The molecule has 154 valence electrons. The van der Waals surface area contributed by atoms with Crippen molar-refractivity contribution in [1.29, 1.82) is 0 Å². The highest BCUT2D eigenvalue weighted by Crippen LogP contribution is 2.27. The second-order valence-electron chi connectivity index (χ2n) is 7.71. The molecular weight excluding hydrogens is 376 g/mol. The van der Waals surface area contributed by atoms with E-state index in [-0.39, 0.29) is 30.2 Å². The molecular formula is C21H31ClN4O2. The maximum absolute atomic E-state index is 12.6. The number of nitrogens with one attached hydrogen (secondary N) is 2. The Kier molecular flexibility index (Phi) is 8.33. The fourth-order valence-electron chi connectivity index (χ4n) is 3.41. The number of hydrogen-bond donors (Lipinski definition) is 2. The minimum absolute atomic E-state index is 0. The average Bonchev–Trinajstić information content (AvgIpc) is 3.29. The summed E-state index contributed by atoms with van der Waals surface area (Å²) in [6, 6.07) is 8.13. The van der Waals surface area contributed by atoms with Crippen LogP contribution >= 0.6 is 12.4 Å². The molecule has 2 N–H and O–H groups in total. The topological polar surface area (TPSA) is 68.2 Å². The second kappa shape index (κ2) is 10.5. The number of carbonyl (C=O) groups excluding carboxylic acids is 1. The van der Waals surface area contributed by atoms with Gasteiger partial charge in [0.2, 0.25) is 5.91 Å². The molecule has 0 saturated carbocycles. The molecule has 0 spiro atoms. The number of halogens is 1. The van der Waals surface area contributed by atoms with Gasteiger partial charge in [-0.05, 0) is 35.6 Å². The Hall–Kier alpha value is -2.05. The molecule has 1 aromatic carbocycles. The minimum Gasteiger partial charge on any atom is -0.493 e. The van der Waals surface area contributed by atoms with Crippen molar-refractivity contribution in [3.05, 3.63) is 47.8 Å². The van der Waals surface area contributed by atoms with Gasteiger partial charge in [0, 0.05) is 38.8 Å². The number of amides is 1. The Labute approximate surface area is 173 Å². The lowest BCUT2D eigenvalue weighted by molar-refractivity contribution is -0.124. The van der Waals surface area contributed by atoms with E-state index in [1.165, 1.54) is 5.56 Å². The average molecular weight is 407 g/mol. The van der Waals surface area contributed by atoms with E-state index in [1.807, 2.05) is 31.6 Å². The first-order valence-corrected chi connectivity index (χ1v) is 9.71. The van der Waals surface area contributed by atoms with Gasteiger partial charge < -0.3 is 15.4 Å². The van der Waals surface area contributed by atoms with Gasteiger partial charge in [0.05, 0.1) is 18.7 Å². The Morgan fingerprint density at radius 2 is 2.07 bits per heavy atom. The standard InChI is InChI=1S/C21H30N4O2.ClH/c1-15(2)14-27-18-6-4-16(5-7-18)8-9-23-21(26)20-12-22-11-19(20)17-10-24-25(3)13-17;/h4-7,10,13,15,19-20,22H,8-9,11-12,14H2,1-3H3,(H,23,26);1H/t19-,20+;/m1./s1. The van der Waals surface area contributed by atoms with Crippen LogP contribution in [0.5, 0.6) is 5.75 Å². The summed E-state index contributed by atoms with van der Waals surface area (Å²) in [6.07, 6.45) is 4.68. The third-order valence-corrected chi connectivity index (χ3v) is 4.92. The molecule has 0 aliphatic carbocycles. The van der Waals surface area contributed by atoms with Crippen LogP contribution in [-0.4, -0.2) is 41.9 Å². The Balaban J connectivity index is 0.00000280. The number of hydrogen-bond acceptors (Lipinski definition) is 4. The molecule has 2 heterocycles. The Morgan fingerprint density at radius 3 is 2.71 bits per heavy atom. The van der Waals surface area contributed by atoms with Crippen molar-refractivity contribution in [1.82, 2.24) is 20.4 Å². The fourth-order valence-corrected chi connectivity index (χ4v) is 3.41. The summed E-state index contributed by atoms with van der Waals surface area (Å²) in [5.41, 5.74) is 2.32. The SMILES string of the molecule is CC(C)COc1ccc(CCNC(=O)[C@H]2CNC[C@@H]2c2cnn(C)c2)cc1.Cl. The number of aryl methyl sites for hydroxylation is 1. The zero-order valence-corrected chi connectivity index (χ0v) is 17.7. The summed E-state index contributed by atoms with van der Waals surface area (Å²) in [6.45, 7) is 7.17. The van der Waals surface area contributed by atoms with Gasteiger partial charge in [0.1, 0.15) is 5.75 Å². The summed E-state index contributed by atoms with van der Waals surface area (Å²) < 4.78 is 7.49. The summed E-state index contributed by atoms with van der Waals surface area (Å²) in [4.78, 5) is 12.6. The van der Waals surface area contributed by atoms with E-state index in [1.54, 1.807) is 4.68 Å². The van der Waals surface area contributed by atoms with Crippen LogP contribution < -0.4 is 15.4 Å². The van der Waals surface area contributed by atoms with Gasteiger partial charge in [0.25, 0.3) is 0 Å². The van der Waals surface area contributed by atoms with Crippen molar-refractivity contribution < 1.29 is 9.53 Å². The highest BCUT2D eigenvalue weighted by molar-refractivity contribution is 5.85. The van der Waals surface area contributed by atoms with Gasteiger partial charge in [-0.1, -0.05) is 26.0 Å². The largest absolute Gasteiger partial charge is 0.493 e. The number of carbonyl (C=O) groups is 1. The first kappa shape index (κ1) is 22.2. The molecule has 1 aliphatic rings. The predicted octanol–water partition coefficient (Wildman–Crippen LogP) is 2.54. The van der Waals surface area contributed by atoms with Crippen LogP contribution in [0.2, 0.25) is 0 Å². The van der Waals surface area contributed by atoms with E-state index in [2.05, 4.69) is 41.7 Å². The zero-order chi connectivity index (χ0) is 19.2. The third kappa shape index (κ3) is 5.97. The van der Waals surface area contributed by atoms with Crippen LogP contribution in [0.25, 0.3) is 0 Å². The van der Waals surface area contributed by atoms with Crippen LogP contribution in [0, 0.1) is 11.8 Å². The third-order valence-electron chi connectivity index (χ3n) is 4.92. The molecule has 1 fully saturated rings. The van der Waals surface area contributed by atoms with Crippen molar-refractivity contribution in [2.75, 3.05) is 26.2 Å². The van der Waals surface area contributed by atoms with Gasteiger partial charge in [-0.3, -0.25) is 9.48 Å². The van der Waals surface area contributed by atoms with Gasteiger partial charge in [-0.25, -0.2) is 0 Å². The molecule has 28 heavy (non-hydrogen) atoms. The smallest absolute Gasteiger partial charge is 0.225 e. The normalized spacial score (nSPS) is 18.7. The van der Waals surface area contributed by atoms with Crippen molar-refractivity contribution in [3.8, 4) is 5.75 Å². The predicted molar refractivity (Wildman–Crippen MR) is 113 cm³/mol. The van der Waals surface area contributed by atoms with Gasteiger partial charge in [-0.15, -0.1) is 12.4 Å². The number of aromatic nitrogens is 2. The van der Waals surface area contributed by atoms with Crippen molar-refractivity contribution in [2.45, 2.75) is 26.2 Å². The van der Waals surface area contributed by atoms with Crippen LogP contribution in [0.4, 0.5) is 0 Å². The van der Waals surface area contributed by atoms with Gasteiger partial charge in [0.15, 0.2) is 0 Å². The van der Waals surface area contributed by atoms with Crippen molar-refractivity contribution in [2.24, 2.45) is 18.9 Å². The maximum atomic E-state index is 12.6. The fraction of sp³-hybridized carbons (Fsp3) is 0.524. The molecule has 3 rings (SSSR count). The molecule has 1 amide bonds. The summed E-state index contributed by atoms with van der Waals surface area (Å²) in [5, 5.41) is 10.7. The first-order chi connectivity index (χ1) is 13.0. The summed E-state index contributed by atoms with van der Waals surface area (Å²) >= 11 is 0. The van der Waals surface area contributed by atoms with Crippen LogP contribution in [0.15, 0.2) is 36.7 Å². The molecule has 0 unspecified atom stereocenters. The Bertz CT molecular complexity index is 745. The van der Waals surface area contributed by atoms with E-state index < -0.39 is 0 Å². The molecule has 1 saturated heterocycles. The first-order valence-electron chi connectivity index (χ1n) is 9.71. The molecule has 6 nitrogen and oxygen atoms in total. The van der Waals surface area contributed by atoms with Crippen LogP contribution in [0.3, 0.4) is 0 Å². The van der Waals surface area contributed by atoms with E-state index in [0.717, 1.165) is 30.9 Å². The highest BCUT2D eigenvalue weighted by atomic mass is 35.5. The van der Waals surface area contributed by atoms with E-state index in [4.69, 9.17) is 4.74 Å². The van der Waals surface area contributed by atoms with Crippen molar-refractivity contribution >= 4 is 18.3 Å². The van der Waals surface area contributed by atoms with Crippen LogP contribution in [-0.2, 0) is 18.3 Å². The quantitative estimate of drug-likeness (QED) is 0.706. The maximum Gasteiger partial charge on any atom is 0.225 e. The lowest BCUT2D eigenvalue weighted by Gasteiger charge is -2.17. The summed E-state index contributed by atoms with van der Waals surface area (Å²) in [5.74, 6) is 1.68. The number of benzene rings is 1. The zero-order valence-electron chi connectivity index (χ0n) is 16.9. The van der Waals surface area contributed by atoms with Gasteiger partial charge >= 0.3 is 0 Å². The summed E-state index contributed by atoms with van der Waals surface area (Å²) in [7, 11) is 1.90. The molecule has 0 radical (unpaired) electrons.